The maximum absolute atomic E-state index is 6.01. The van der Waals surface area contributed by atoms with E-state index in [1.807, 2.05) is 31.3 Å². The number of nitrogens with one attached hydrogen (secondary N) is 2. The van der Waals surface area contributed by atoms with Gasteiger partial charge in [0.05, 0.1) is 13.7 Å². The smallest absolute Gasteiger partial charge is 0.191 e. The molecule has 0 bridgehead atoms. The van der Waals surface area contributed by atoms with Gasteiger partial charge in [-0.05, 0) is 61.2 Å². The Morgan fingerprint density at radius 3 is 2.52 bits per heavy atom. The largest absolute Gasteiger partial charge is 0.497 e. The monoisotopic (exact) mass is 422 g/mol. The number of fused-ring (bicyclic) bond motifs is 1. The highest BCUT2D eigenvalue weighted by molar-refractivity contribution is 5.79. The van der Waals surface area contributed by atoms with E-state index in [4.69, 9.17) is 9.47 Å². The van der Waals surface area contributed by atoms with Gasteiger partial charge in [0, 0.05) is 26.6 Å². The van der Waals surface area contributed by atoms with Crippen LogP contribution in [-0.2, 0) is 13.0 Å². The van der Waals surface area contributed by atoms with Gasteiger partial charge in [0.25, 0.3) is 0 Å². The first-order valence-electron chi connectivity index (χ1n) is 11.3. The Bertz CT molecular complexity index is 835. The number of piperidine rings is 1. The molecule has 31 heavy (non-hydrogen) atoms. The number of benzene rings is 2. The van der Waals surface area contributed by atoms with Crippen molar-refractivity contribution in [3.05, 3.63) is 59.7 Å². The molecular formula is C25H34N4O2. The summed E-state index contributed by atoms with van der Waals surface area (Å²) in [7, 11) is 3.54. The van der Waals surface area contributed by atoms with Gasteiger partial charge in [0.2, 0.25) is 0 Å². The average Bonchev–Trinajstić information content (AvgIpc) is 3.24. The molecule has 6 nitrogen and oxygen atoms in total. The van der Waals surface area contributed by atoms with Crippen LogP contribution in [0.3, 0.4) is 0 Å². The van der Waals surface area contributed by atoms with Gasteiger partial charge < -0.3 is 20.1 Å². The lowest BCUT2D eigenvalue weighted by molar-refractivity contribution is 0.178. The van der Waals surface area contributed by atoms with Crippen molar-refractivity contribution in [1.29, 1.82) is 0 Å². The lowest BCUT2D eigenvalue weighted by Crippen LogP contribution is -2.45. The Morgan fingerprint density at radius 1 is 1.06 bits per heavy atom. The molecule has 0 saturated carbocycles. The summed E-state index contributed by atoms with van der Waals surface area (Å²) in [5.74, 6) is 3.47. The zero-order valence-electron chi connectivity index (χ0n) is 18.6. The van der Waals surface area contributed by atoms with Crippen molar-refractivity contribution in [2.24, 2.45) is 10.9 Å². The number of aliphatic imine (C=N–C) groups is 1. The molecule has 0 aromatic heterocycles. The lowest BCUT2D eigenvalue weighted by Gasteiger charge is -2.32. The summed E-state index contributed by atoms with van der Waals surface area (Å²) in [6, 6.07) is 16.7. The van der Waals surface area contributed by atoms with Crippen LogP contribution in [0.4, 0.5) is 0 Å². The van der Waals surface area contributed by atoms with Crippen molar-refractivity contribution in [3.63, 3.8) is 0 Å². The van der Waals surface area contributed by atoms with E-state index < -0.39 is 0 Å². The van der Waals surface area contributed by atoms with Crippen molar-refractivity contribution in [2.45, 2.75) is 31.9 Å². The number of ether oxygens (including phenoxy) is 2. The molecule has 1 saturated heterocycles. The number of hydrogen-bond acceptors (Lipinski definition) is 4. The number of methoxy groups -OCH3 is 1. The van der Waals surface area contributed by atoms with E-state index in [1.54, 1.807) is 7.11 Å². The Morgan fingerprint density at radius 2 is 1.81 bits per heavy atom. The minimum Gasteiger partial charge on any atom is -0.497 e. The molecule has 2 aliphatic rings. The minimum atomic E-state index is 0.164. The molecule has 2 N–H and O–H groups in total. The van der Waals surface area contributed by atoms with Crippen LogP contribution in [0.15, 0.2) is 53.5 Å². The zero-order valence-corrected chi connectivity index (χ0v) is 18.6. The topological polar surface area (TPSA) is 58.1 Å². The van der Waals surface area contributed by atoms with Gasteiger partial charge in [-0.1, -0.05) is 30.3 Å². The van der Waals surface area contributed by atoms with Crippen LogP contribution in [0.2, 0.25) is 0 Å². The van der Waals surface area contributed by atoms with E-state index in [0.717, 1.165) is 56.6 Å². The fourth-order valence-corrected chi connectivity index (χ4v) is 4.38. The third-order valence-electron chi connectivity index (χ3n) is 6.27. The molecule has 2 heterocycles. The van der Waals surface area contributed by atoms with E-state index in [1.165, 1.54) is 24.0 Å². The van der Waals surface area contributed by atoms with Crippen LogP contribution in [0.1, 0.15) is 24.0 Å². The van der Waals surface area contributed by atoms with Gasteiger partial charge in [-0.25, -0.2) is 0 Å². The second kappa shape index (κ2) is 10.5. The van der Waals surface area contributed by atoms with Gasteiger partial charge in [-0.15, -0.1) is 0 Å². The fraction of sp³-hybridized carbons (Fsp3) is 0.480. The molecule has 166 valence electrons. The molecule has 0 radical (unpaired) electrons. The predicted molar refractivity (Wildman–Crippen MR) is 125 cm³/mol. The molecular weight excluding hydrogens is 388 g/mol. The zero-order chi connectivity index (χ0) is 21.5. The molecule has 2 aromatic carbocycles. The van der Waals surface area contributed by atoms with E-state index in [2.05, 4.69) is 44.8 Å². The van der Waals surface area contributed by atoms with E-state index in [9.17, 15) is 0 Å². The van der Waals surface area contributed by atoms with Crippen LogP contribution in [0.25, 0.3) is 0 Å². The molecule has 0 amide bonds. The first-order chi connectivity index (χ1) is 15.2. The molecule has 1 fully saturated rings. The summed E-state index contributed by atoms with van der Waals surface area (Å²) in [6.45, 7) is 5.00. The van der Waals surface area contributed by atoms with Crippen LogP contribution in [-0.4, -0.2) is 57.3 Å². The summed E-state index contributed by atoms with van der Waals surface area (Å²) in [6.07, 6.45) is 3.53. The second-order valence-corrected chi connectivity index (χ2v) is 8.45. The van der Waals surface area contributed by atoms with Crippen LogP contribution < -0.4 is 20.1 Å². The fourth-order valence-electron chi connectivity index (χ4n) is 4.38. The highest BCUT2D eigenvalue weighted by Crippen LogP contribution is 2.27. The molecule has 4 rings (SSSR count). The van der Waals surface area contributed by atoms with Crippen molar-refractivity contribution in [1.82, 2.24) is 15.5 Å². The normalized spacial score (nSPS) is 19.5. The summed E-state index contributed by atoms with van der Waals surface area (Å²) in [5, 5.41) is 6.94. The van der Waals surface area contributed by atoms with Crippen molar-refractivity contribution in [3.8, 4) is 11.5 Å². The quantitative estimate of drug-likeness (QED) is 0.531. The van der Waals surface area contributed by atoms with E-state index in [-0.39, 0.29) is 6.10 Å². The number of nitrogens with zero attached hydrogens (tertiary/aromatic N) is 2. The molecule has 0 aliphatic carbocycles. The Labute approximate surface area is 185 Å². The third-order valence-corrected chi connectivity index (χ3v) is 6.27. The number of rotatable bonds is 7. The Balaban J connectivity index is 1.14. The average molecular weight is 423 g/mol. The first kappa shape index (κ1) is 21.5. The number of guanidine groups is 1. The summed E-state index contributed by atoms with van der Waals surface area (Å²) >= 11 is 0. The maximum atomic E-state index is 6.01. The van der Waals surface area contributed by atoms with E-state index >= 15 is 0 Å². The summed E-state index contributed by atoms with van der Waals surface area (Å²) in [4.78, 5) is 6.93. The maximum Gasteiger partial charge on any atom is 0.191 e. The van der Waals surface area contributed by atoms with Gasteiger partial charge in [0.1, 0.15) is 17.6 Å². The first-order valence-corrected chi connectivity index (χ1v) is 11.3. The second-order valence-electron chi connectivity index (χ2n) is 8.45. The number of para-hydroxylation sites is 1. The van der Waals surface area contributed by atoms with Crippen molar-refractivity contribution >= 4 is 5.96 Å². The third kappa shape index (κ3) is 5.91. The molecule has 1 unspecified atom stereocenters. The standard InChI is InChI=1S/C25H34N4O2/c1-26-25(28-17-23-15-21-5-3-4-6-24(21)31-23)27-16-19-11-13-29(14-12-19)18-20-7-9-22(30-2)10-8-20/h3-10,19,23H,11-18H2,1-2H3,(H2,26,27,28). The number of hydrogen-bond donors (Lipinski definition) is 2. The minimum absolute atomic E-state index is 0.164. The van der Waals surface area contributed by atoms with Crippen LogP contribution in [0, 0.1) is 5.92 Å². The van der Waals surface area contributed by atoms with Gasteiger partial charge in [-0.3, -0.25) is 9.89 Å². The van der Waals surface area contributed by atoms with Crippen molar-refractivity contribution < 1.29 is 9.47 Å². The summed E-state index contributed by atoms with van der Waals surface area (Å²) < 4.78 is 11.3. The predicted octanol–water partition coefficient (Wildman–Crippen LogP) is 3.08. The lowest BCUT2D eigenvalue weighted by atomic mass is 9.96. The molecule has 2 aliphatic heterocycles. The Hall–Kier alpha value is -2.73. The highest BCUT2D eigenvalue weighted by Gasteiger charge is 2.23. The van der Waals surface area contributed by atoms with Gasteiger partial charge in [0.15, 0.2) is 5.96 Å². The summed E-state index contributed by atoms with van der Waals surface area (Å²) in [5.41, 5.74) is 2.64. The highest BCUT2D eigenvalue weighted by atomic mass is 16.5. The van der Waals surface area contributed by atoms with Crippen LogP contribution >= 0.6 is 0 Å². The SMILES string of the molecule is CN=C(NCC1CCN(Cc2ccc(OC)cc2)CC1)NCC1Cc2ccccc2O1. The van der Waals surface area contributed by atoms with Crippen LogP contribution in [0.5, 0.6) is 11.5 Å². The molecule has 0 spiro atoms. The van der Waals surface area contributed by atoms with E-state index in [0.29, 0.717) is 5.92 Å². The van der Waals surface area contributed by atoms with Gasteiger partial charge >= 0.3 is 0 Å². The molecule has 2 aromatic rings. The molecule has 6 heteroatoms. The Kier molecular flexibility index (Phi) is 7.30. The molecule has 1 atom stereocenters. The van der Waals surface area contributed by atoms with Gasteiger partial charge in [-0.2, -0.15) is 0 Å². The van der Waals surface area contributed by atoms with Crippen molar-refractivity contribution in [2.75, 3.05) is 40.3 Å². The number of likely N-dealkylation sites (tertiary alicyclic amines) is 1.